The molecule has 39 heavy (non-hydrogen) atoms. The molecule has 0 bridgehead atoms. The van der Waals surface area contributed by atoms with Crippen molar-refractivity contribution < 1.29 is 24.2 Å². The lowest BCUT2D eigenvalue weighted by Crippen LogP contribution is -2.57. The monoisotopic (exact) mass is 560 g/mol. The number of carbonyl (C=O) groups excluding carboxylic acids is 3. The number of rotatable bonds is 9. The number of aliphatic hydroxyl groups excluding tert-OH is 1. The van der Waals surface area contributed by atoms with Gasteiger partial charge in [-0.1, -0.05) is 45.1 Å². The first kappa shape index (κ1) is 28.6. The maximum absolute atomic E-state index is 14.5. The molecule has 3 fully saturated rings. The van der Waals surface area contributed by atoms with Gasteiger partial charge in [-0.05, 0) is 18.8 Å². The Bertz CT molecular complexity index is 998. The zero-order valence-electron chi connectivity index (χ0n) is 23.5. The van der Waals surface area contributed by atoms with Gasteiger partial charge < -0.3 is 24.5 Å². The van der Waals surface area contributed by atoms with Crippen LogP contribution in [0.25, 0.3) is 0 Å². The van der Waals surface area contributed by atoms with Crippen molar-refractivity contribution in [2.45, 2.75) is 55.7 Å². The molecule has 0 aliphatic carbocycles. The number of ether oxygens (including phenoxy) is 1. The van der Waals surface area contributed by atoms with Crippen molar-refractivity contribution in [1.29, 1.82) is 0 Å². The first-order valence-corrected chi connectivity index (χ1v) is 15.5. The van der Waals surface area contributed by atoms with Gasteiger partial charge in [-0.25, -0.2) is 0 Å². The van der Waals surface area contributed by atoms with Crippen LogP contribution in [0, 0.1) is 17.8 Å². The van der Waals surface area contributed by atoms with Gasteiger partial charge in [-0.3, -0.25) is 19.3 Å². The Kier molecular flexibility index (Phi) is 8.76. The molecular weight excluding hydrogens is 516 g/mol. The van der Waals surface area contributed by atoms with Crippen LogP contribution in [0.3, 0.4) is 0 Å². The predicted molar refractivity (Wildman–Crippen MR) is 151 cm³/mol. The van der Waals surface area contributed by atoms with Gasteiger partial charge in [-0.2, -0.15) is 0 Å². The molecule has 216 valence electrons. The van der Waals surface area contributed by atoms with Gasteiger partial charge in [0.2, 0.25) is 17.7 Å². The molecule has 5 rings (SSSR count). The van der Waals surface area contributed by atoms with Gasteiger partial charge in [0.15, 0.2) is 0 Å². The molecule has 10 heteroatoms. The minimum absolute atomic E-state index is 0.00820. The number of hydrogen-bond acceptors (Lipinski definition) is 7. The summed E-state index contributed by atoms with van der Waals surface area (Å²) in [7, 11) is 0. The van der Waals surface area contributed by atoms with E-state index < -0.39 is 28.7 Å². The van der Waals surface area contributed by atoms with Crippen LogP contribution in [0.2, 0.25) is 0 Å². The molecule has 6 atom stereocenters. The topological polar surface area (TPSA) is 93.6 Å². The normalized spacial score (nSPS) is 33.9. The summed E-state index contributed by atoms with van der Waals surface area (Å²) in [5.41, 5.74) is 0. The molecule has 1 N–H and O–H groups in total. The molecule has 5 aliphatic heterocycles. The van der Waals surface area contributed by atoms with Crippen molar-refractivity contribution in [2.24, 2.45) is 17.8 Å². The van der Waals surface area contributed by atoms with Crippen LogP contribution in [0.5, 0.6) is 0 Å². The largest absolute Gasteiger partial charge is 0.394 e. The summed E-state index contributed by atoms with van der Waals surface area (Å²) in [4.78, 5) is 50.6. The first-order chi connectivity index (χ1) is 18.8. The molecule has 1 unspecified atom stereocenters. The van der Waals surface area contributed by atoms with Crippen LogP contribution in [-0.2, 0) is 19.1 Å². The van der Waals surface area contributed by atoms with Crippen molar-refractivity contribution in [3.63, 3.8) is 0 Å². The highest BCUT2D eigenvalue weighted by Gasteiger charge is 2.71. The molecule has 0 saturated carbocycles. The van der Waals surface area contributed by atoms with Crippen LogP contribution in [-0.4, -0.2) is 130 Å². The van der Waals surface area contributed by atoms with E-state index in [9.17, 15) is 19.5 Å². The smallest absolute Gasteiger partial charge is 0.247 e. The zero-order valence-corrected chi connectivity index (χ0v) is 24.4. The summed E-state index contributed by atoms with van der Waals surface area (Å²) in [5, 5.41) is 10.3. The Hall–Kier alpha value is -1.88. The molecule has 3 saturated heterocycles. The van der Waals surface area contributed by atoms with Gasteiger partial charge in [0.1, 0.15) is 6.04 Å². The van der Waals surface area contributed by atoms with E-state index in [4.69, 9.17) is 4.74 Å². The van der Waals surface area contributed by atoms with Crippen LogP contribution in [0.15, 0.2) is 24.3 Å². The summed E-state index contributed by atoms with van der Waals surface area (Å²) >= 11 is 1.61. The lowest BCUT2D eigenvalue weighted by Gasteiger charge is -2.39. The Balaban J connectivity index is 1.51. The van der Waals surface area contributed by atoms with E-state index >= 15 is 0 Å². The minimum Gasteiger partial charge on any atom is -0.394 e. The minimum atomic E-state index is -0.836. The van der Waals surface area contributed by atoms with Crippen molar-refractivity contribution in [3.8, 4) is 0 Å². The highest BCUT2D eigenvalue weighted by atomic mass is 32.2. The number of thioether (sulfide) groups is 1. The second-order valence-corrected chi connectivity index (χ2v) is 13.4. The number of amides is 3. The molecule has 0 aromatic heterocycles. The Morgan fingerprint density at radius 2 is 1.74 bits per heavy atom. The lowest BCUT2D eigenvalue weighted by molar-refractivity contribution is -0.147. The number of hydrogen-bond donors (Lipinski definition) is 1. The number of aliphatic hydroxyl groups is 1. The zero-order chi connectivity index (χ0) is 27.7. The van der Waals surface area contributed by atoms with E-state index in [1.165, 1.54) is 0 Å². The number of likely N-dealkylation sites (tertiary alicyclic amines) is 1. The Morgan fingerprint density at radius 1 is 1.03 bits per heavy atom. The summed E-state index contributed by atoms with van der Waals surface area (Å²) < 4.78 is 4.64. The van der Waals surface area contributed by atoms with E-state index in [2.05, 4.69) is 37.8 Å². The molecule has 3 amide bonds. The van der Waals surface area contributed by atoms with Gasteiger partial charge in [0.05, 0.1) is 42.4 Å². The third-order valence-corrected chi connectivity index (χ3v) is 10.6. The fourth-order valence-corrected chi connectivity index (χ4v) is 9.14. The molecule has 9 nitrogen and oxygen atoms in total. The average Bonchev–Trinajstić information content (AvgIpc) is 3.25. The van der Waals surface area contributed by atoms with E-state index in [-0.39, 0.29) is 35.5 Å². The van der Waals surface area contributed by atoms with E-state index in [1.807, 2.05) is 22.0 Å². The predicted octanol–water partition coefficient (Wildman–Crippen LogP) is 1.23. The number of nitrogens with zero attached hydrogens (tertiary/aromatic N) is 4. The molecule has 5 aliphatic rings. The van der Waals surface area contributed by atoms with Crippen LogP contribution >= 0.6 is 11.8 Å². The second kappa shape index (κ2) is 11.9. The van der Waals surface area contributed by atoms with Gasteiger partial charge in [0.25, 0.3) is 0 Å². The maximum atomic E-state index is 14.5. The summed E-state index contributed by atoms with van der Waals surface area (Å²) in [5.74, 6) is -1.13. The SMILES string of the molecule is CCCN1CC=C[C@H]2S[C@]34C=CCN(CCN5CCOCC5)C(=O)C3N([C@@H](CO)CC(C)C)C(=O)[C@@H]4[C@H]2C1=O. The van der Waals surface area contributed by atoms with Crippen molar-refractivity contribution in [3.05, 3.63) is 24.3 Å². The van der Waals surface area contributed by atoms with Crippen molar-refractivity contribution in [1.82, 2.24) is 19.6 Å². The maximum Gasteiger partial charge on any atom is 0.247 e. The molecule has 5 heterocycles. The first-order valence-electron chi connectivity index (χ1n) is 14.6. The quantitative estimate of drug-likeness (QED) is 0.424. The average molecular weight is 561 g/mol. The summed E-state index contributed by atoms with van der Waals surface area (Å²) in [6, 6.07) is -1.21. The number of fused-ring (bicyclic) bond motifs is 2. The standard InChI is InChI=1S/C29H44N4O5S/c1-4-9-31-10-5-7-22-23(26(31)35)24-27(36)33(21(19-34)18-20(2)3)25-28(37)32(11-6-8-29(24,25)39-22)13-12-30-14-16-38-17-15-30/h5-8,20-25,34H,4,9-19H2,1-3H3/t21-,22-,23+,24+,25?,29+/m1/s1. The fourth-order valence-electron chi connectivity index (χ4n) is 7.15. The molecule has 0 aromatic rings. The third kappa shape index (κ3) is 5.18. The molecule has 0 aromatic carbocycles. The third-order valence-electron chi connectivity index (χ3n) is 8.89. The lowest BCUT2D eigenvalue weighted by atomic mass is 9.78. The Morgan fingerprint density at radius 3 is 2.44 bits per heavy atom. The van der Waals surface area contributed by atoms with Crippen molar-refractivity contribution >= 4 is 29.5 Å². The highest BCUT2D eigenvalue weighted by molar-refractivity contribution is 8.02. The van der Waals surface area contributed by atoms with Gasteiger partial charge in [-0.15, -0.1) is 11.8 Å². The van der Waals surface area contributed by atoms with E-state index in [1.54, 1.807) is 16.7 Å². The highest BCUT2D eigenvalue weighted by Crippen LogP contribution is 2.61. The molecule has 1 spiro atoms. The van der Waals surface area contributed by atoms with Gasteiger partial charge in [0, 0.05) is 51.1 Å². The molecular formula is C29H44N4O5S. The van der Waals surface area contributed by atoms with Crippen LogP contribution < -0.4 is 0 Å². The second-order valence-electron chi connectivity index (χ2n) is 11.9. The molecule has 0 radical (unpaired) electrons. The summed E-state index contributed by atoms with van der Waals surface area (Å²) in [6.45, 7) is 12.1. The Labute approximate surface area is 236 Å². The van der Waals surface area contributed by atoms with Crippen molar-refractivity contribution in [2.75, 3.05) is 65.6 Å². The van der Waals surface area contributed by atoms with Crippen LogP contribution in [0.1, 0.15) is 33.6 Å². The summed E-state index contributed by atoms with van der Waals surface area (Å²) in [6.07, 6.45) is 9.68. The fraction of sp³-hybridized carbons (Fsp3) is 0.759. The van der Waals surface area contributed by atoms with Crippen LogP contribution in [0.4, 0.5) is 0 Å². The number of morpholine rings is 1. The van der Waals surface area contributed by atoms with E-state index in [0.717, 1.165) is 26.1 Å². The van der Waals surface area contributed by atoms with E-state index in [0.29, 0.717) is 45.8 Å². The van der Waals surface area contributed by atoms with Gasteiger partial charge >= 0.3 is 0 Å². The number of carbonyl (C=O) groups is 3.